The number of amides is 2. The number of hydrogen-bond acceptors (Lipinski definition) is 5. The van der Waals surface area contributed by atoms with E-state index in [0.717, 1.165) is 4.90 Å². The number of nitrogens with zero attached hydrogens (tertiary/aromatic N) is 1. The molecule has 2 saturated heterocycles. The van der Waals surface area contributed by atoms with Crippen molar-refractivity contribution in [2.75, 3.05) is 0 Å². The fourth-order valence-electron chi connectivity index (χ4n) is 5.46. The molecule has 2 aliphatic heterocycles. The lowest BCUT2D eigenvalue weighted by atomic mass is 9.77. The molecule has 0 saturated carbocycles. The van der Waals surface area contributed by atoms with Crippen LogP contribution in [-0.4, -0.2) is 33.9 Å². The molecule has 0 N–H and O–H groups in total. The van der Waals surface area contributed by atoms with Gasteiger partial charge in [0.05, 0.1) is 24.5 Å². The van der Waals surface area contributed by atoms with Gasteiger partial charge in [-0.1, -0.05) is 60.1 Å². The largest absolute Gasteiger partial charge is 0.349 e. The van der Waals surface area contributed by atoms with Crippen LogP contribution in [0.3, 0.4) is 0 Å². The third-order valence-corrected chi connectivity index (χ3v) is 7.31. The summed E-state index contributed by atoms with van der Waals surface area (Å²) in [7, 11) is 0. The zero-order valence-corrected chi connectivity index (χ0v) is 18.9. The van der Waals surface area contributed by atoms with Gasteiger partial charge in [-0.15, -0.1) is 0 Å². The first kappa shape index (κ1) is 21.8. The molecule has 3 aromatic rings. The molecular weight excluding hydrogens is 473 g/mol. The fourth-order valence-corrected chi connectivity index (χ4v) is 5.58. The Hall–Kier alpha value is -3.68. The Kier molecular flexibility index (Phi) is 4.78. The minimum Gasteiger partial charge on any atom is -0.349 e. The number of ether oxygens (including phenoxy) is 1. The molecule has 35 heavy (non-hydrogen) atoms. The number of carbonyl (C=O) groups excluding carboxylic acids is 4. The standard InChI is InChI=1S/C27H17ClFNO5/c28-16-9-7-15(8-10-16)22-20-21(26(34)30(25(20)33)13-14-5-11-17(29)12-6-14)27(35-22)23(31)18-3-1-2-4-19(18)24(27)32/h1-12,20-22H,13H2/t20-,21-,22-/m1/s1. The Morgan fingerprint density at radius 3 is 2.03 bits per heavy atom. The first-order valence-corrected chi connectivity index (χ1v) is 11.4. The van der Waals surface area contributed by atoms with Crippen molar-refractivity contribution in [3.63, 3.8) is 0 Å². The molecule has 174 valence electrons. The molecule has 6 nitrogen and oxygen atoms in total. The van der Waals surface area contributed by atoms with Gasteiger partial charge in [0, 0.05) is 16.1 Å². The lowest BCUT2D eigenvalue weighted by molar-refractivity contribution is -0.145. The van der Waals surface area contributed by atoms with Crippen LogP contribution in [0.15, 0.2) is 72.8 Å². The first-order valence-electron chi connectivity index (χ1n) is 11.0. The summed E-state index contributed by atoms with van der Waals surface area (Å²) < 4.78 is 19.6. The van der Waals surface area contributed by atoms with Gasteiger partial charge in [-0.25, -0.2) is 4.39 Å². The van der Waals surface area contributed by atoms with E-state index >= 15 is 0 Å². The van der Waals surface area contributed by atoms with Crippen molar-refractivity contribution >= 4 is 35.0 Å². The molecule has 2 amide bonds. The zero-order chi connectivity index (χ0) is 24.5. The van der Waals surface area contributed by atoms with Gasteiger partial charge in [-0.3, -0.25) is 24.1 Å². The Morgan fingerprint density at radius 1 is 0.829 bits per heavy atom. The van der Waals surface area contributed by atoms with E-state index in [0.29, 0.717) is 16.1 Å². The average molecular weight is 490 g/mol. The van der Waals surface area contributed by atoms with Crippen LogP contribution in [0.5, 0.6) is 0 Å². The van der Waals surface area contributed by atoms with Crippen LogP contribution in [0.4, 0.5) is 4.39 Å². The molecule has 2 heterocycles. The highest BCUT2D eigenvalue weighted by Crippen LogP contribution is 2.57. The maximum atomic E-state index is 13.7. The summed E-state index contributed by atoms with van der Waals surface area (Å²) in [6, 6.07) is 18.3. The van der Waals surface area contributed by atoms with E-state index in [1.54, 1.807) is 36.4 Å². The van der Waals surface area contributed by atoms with Crippen LogP contribution >= 0.6 is 11.6 Å². The van der Waals surface area contributed by atoms with E-state index in [2.05, 4.69) is 0 Å². The maximum Gasteiger partial charge on any atom is 0.237 e. The molecule has 0 bridgehead atoms. The number of halogens is 2. The Balaban J connectivity index is 1.48. The monoisotopic (exact) mass is 489 g/mol. The summed E-state index contributed by atoms with van der Waals surface area (Å²) in [5.74, 6) is -5.27. The molecule has 1 aliphatic carbocycles. The highest BCUT2D eigenvalue weighted by atomic mass is 35.5. The van der Waals surface area contributed by atoms with Crippen LogP contribution in [0.1, 0.15) is 37.9 Å². The highest BCUT2D eigenvalue weighted by Gasteiger charge is 2.74. The molecule has 0 unspecified atom stereocenters. The number of imide groups is 1. The van der Waals surface area contributed by atoms with E-state index in [-0.39, 0.29) is 17.7 Å². The maximum absolute atomic E-state index is 13.7. The summed E-state index contributed by atoms with van der Waals surface area (Å²) in [6.45, 7) is -0.107. The second-order valence-electron chi connectivity index (χ2n) is 8.92. The van der Waals surface area contributed by atoms with Gasteiger partial charge in [0.1, 0.15) is 5.82 Å². The quantitative estimate of drug-likeness (QED) is 0.407. The second-order valence-corrected chi connectivity index (χ2v) is 9.36. The van der Waals surface area contributed by atoms with Gasteiger partial charge in [-0.2, -0.15) is 0 Å². The third kappa shape index (κ3) is 2.98. The van der Waals surface area contributed by atoms with Crippen molar-refractivity contribution in [3.8, 4) is 0 Å². The second kappa shape index (κ2) is 7.66. The highest BCUT2D eigenvalue weighted by molar-refractivity contribution is 6.35. The van der Waals surface area contributed by atoms with Gasteiger partial charge >= 0.3 is 0 Å². The minimum atomic E-state index is -2.12. The summed E-state index contributed by atoms with van der Waals surface area (Å²) in [5.41, 5.74) is -0.709. The van der Waals surface area contributed by atoms with Crippen LogP contribution in [0.25, 0.3) is 0 Å². The lowest BCUT2D eigenvalue weighted by Gasteiger charge is -2.27. The van der Waals surface area contributed by atoms with Gasteiger partial charge in [-0.05, 0) is 35.4 Å². The summed E-state index contributed by atoms with van der Waals surface area (Å²) in [5, 5.41) is 0.463. The number of benzene rings is 3. The predicted octanol–water partition coefficient (Wildman–Crippen LogP) is 4.17. The number of fused-ring (bicyclic) bond motifs is 3. The molecule has 0 radical (unpaired) electrons. The number of ketones is 2. The molecule has 1 spiro atoms. The van der Waals surface area contributed by atoms with E-state index in [9.17, 15) is 23.6 Å². The minimum absolute atomic E-state index is 0.107. The number of carbonyl (C=O) groups is 4. The van der Waals surface area contributed by atoms with Gasteiger partial charge < -0.3 is 4.74 Å². The number of Topliss-reactive ketones (excluding diaryl/α,β-unsaturated/α-hetero) is 2. The van der Waals surface area contributed by atoms with E-state index < -0.39 is 52.7 Å². The zero-order valence-electron chi connectivity index (χ0n) is 18.1. The molecule has 2 fully saturated rings. The smallest absolute Gasteiger partial charge is 0.237 e. The molecule has 3 aromatic carbocycles. The lowest BCUT2D eigenvalue weighted by Crippen LogP contribution is -2.50. The number of hydrogen-bond donors (Lipinski definition) is 0. The number of likely N-dealkylation sites (tertiary alicyclic amines) is 1. The summed E-state index contributed by atoms with van der Waals surface area (Å²) in [6.07, 6.45) is -1.01. The van der Waals surface area contributed by atoms with Crippen molar-refractivity contribution in [2.45, 2.75) is 18.2 Å². The molecule has 8 heteroatoms. The van der Waals surface area contributed by atoms with E-state index in [4.69, 9.17) is 16.3 Å². The van der Waals surface area contributed by atoms with Crippen molar-refractivity contribution in [2.24, 2.45) is 11.8 Å². The number of rotatable bonds is 3. The SMILES string of the molecule is O=C1[C@H]2[C@@H](c3ccc(Cl)cc3)OC3(C(=O)c4ccccc4C3=O)[C@H]2C(=O)N1Cc1ccc(F)cc1. The van der Waals surface area contributed by atoms with Gasteiger partial charge in [0.15, 0.2) is 0 Å². The van der Waals surface area contributed by atoms with Crippen molar-refractivity contribution in [3.05, 3.63) is 106 Å². The molecule has 3 atom stereocenters. The summed E-state index contributed by atoms with van der Waals surface area (Å²) >= 11 is 6.03. The van der Waals surface area contributed by atoms with E-state index in [1.165, 1.54) is 36.4 Å². The van der Waals surface area contributed by atoms with Crippen LogP contribution < -0.4 is 0 Å². The van der Waals surface area contributed by atoms with Crippen LogP contribution in [0, 0.1) is 17.7 Å². The summed E-state index contributed by atoms with van der Waals surface area (Å²) in [4.78, 5) is 55.8. The fraction of sp³-hybridized carbons (Fsp3) is 0.185. The Labute approximate surface area is 204 Å². The topological polar surface area (TPSA) is 80.8 Å². The van der Waals surface area contributed by atoms with Gasteiger partial charge in [0.2, 0.25) is 29.0 Å². The first-order chi connectivity index (χ1) is 16.8. The van der Waals surface area contributed by atoms with Crippen LogP contribution in [-0.2, 0) is 20.9 Å². The Morgan fingerprint density at radius 2 is 1.43 bits per heavy atom. The van der Waals surface area contributed by atoms with Crippen molar-refractivity contribution in [1.82, 2.24) is 4.90 Å². The third-order valence-electron chi connectivity index (χ3n) is 7.06. The normalized spacial score (nSPS) is 24.4. The average Bonchev–Trinajstić information content (AvgIpc) is 3.42. The van der Waals surface area contributed by atoms with Crippen LogP contribution in [0.2, 0.25) is 5.02 Å². The molecule has 0 aromatic heterocycles. The molecular formula is C27H17ClFNO5. The Bertz CT molecular complexity index is 1380. The van der Waals surface area contributed by atoms with Crippen molar-refractivity contribution < 1.29 is 28.3 Å². The van der Waals surface area contributed by atoms with Crippen molar-refractivity contribution in [1.29, 1.82) is 0 Å². The van der Waals surface area contributed by atoms with E-state index in [1.807, 2.05) is 0 Å². The van der Waals surface area contributed by atoms with Gasteiger partial charge in [0.25, 0.3) is 0 Å². The predicted molar refractivity (Wildman–Crippen MR) is 122 cm³/mol. The molecule has 6 rings (SSSR count). The molecule has 3 aliphatic rings.